The van der Waals surface area contributed by atoms with Gasteiger partial charge < -0.3 is 20.4 Å². The fraction of sp³-hybridized carbons (Fsp3) is 0.286. The SMILES string of the molecule is CC(=O)Nc1ccc(N2CC(C(=O)Nc3ccc(N(C)C)cc3)CC2=O)cc1. The average Bonchev–Trinajstić information content (AvgIpc) is 3.04. The molecule has 2 N–H and O–H groups in total. The highest BCUT2D eigenvalue weighted by Crippen LogP contribution is 2.27. The minimum atomic E-state index is -0.406. The van der Waals surface area contributed by atoms with Gasteiger partial charge in [-0.25, -0.2) is 0 Å². The molecule has 1 aliphatic rings. The predicted molar refractivity (Wildman–Crippen MR) is 111 cm³/mol. The van der Waals surface area contributed by atoms with E-state index in [0.717, 1.165) is 5.69 Å². The van der Waals surface area contributed by atoms with Gasteiger partial charge >= 0.3 is 0 Å². The second kappa shape index (κ2) is 8.12. The van der Waals surface area contributed by atoms with E-state index in [4.69, 9.17) is 0 Å². The molecule has 1 unspecified atom stereocenters. The zero-order chi connectivity index (χ0) is 20.3. The monoisotopic (exact) mass is 380 g/mol. The smallest absolute Gasteiger partial charge is 0.229 e. The van der Waals surface area contributed by atoms with Crippen LogP contribution in [0, 0.1) is 5.92 Å². The molecule has 0 spiro atoms. The number of nitrogens with one attached hydrogen (secondary N) is 2. The first-order chi connectivity index (χ1) is 13.3. The Morgan fingerprint density at radius 1 is 0.964 bits per heavy atom. The summed E-state index contributed by atoms with van der Waals surface area (Å²) in [4.78, 5) is 39.7. The molecule has 0 bridgehead atoms. The second-order valence-corrected chi connectivity index (χ2v) is 7.06. The lowest BCUT2D eigenvalue weighted by molar-refractivity contribution is -0.122. The van der Waals surface area contributed by atoms with Gasteiger partial charge in [-0.1, -0.05) is 0 Å². The number of rotatable bonds is 5. The molecule has 2 aromatic carbocycles. The molecular weight excluding hydrogens is 356 g/mol. The number of carbonyl (C=O) groups is 3. The molecule has 1 heterocycles. The van der Waals surface area contributed by atoms with Crippen LogP contribution in [0.1, 0.15) is 13.3 Å². The Hall–Kier alpha value is -3.35. The number of hydrogen-bond acceptors (Lipinski definition) is 4. The zero-order valence-corrected chi connectivity index (χ0v) is 16.2. The predicted octanol–water partition coefficient (Wildman–Crippen LogP) is 2.70. The van der Waals surface area contributed by atoms with Crippen LogP contribution in [0.25, 0.3) is 0 Å². The van der Waals surface area contributed by atoms with Gasteiger partial charge in [0.25, 0.3) is 0 Å². The molecule has 3 rings (SSSR count). The molecule has 3 amide bonds. The number of hydrogen-bond donors (Lipinski definition) is 2. The Morgan fingerprint density at radius 3 is 2.11 bits per heavy atom. The van der Waals surface area contributed by atoms with Crippen molar-refractivity contribution in [2.75, 3.05) is 41.1 Å². The molecular formula is C21H24N4O3. The van der Waals surface area contributed by atoms with E-state index < -0.39 is 5.92 Å². The Labute approximate surface area is 164 Å². The molecule has 1 atom stereocenters. The van der Waals surface area contributed by atoms with Crippen LogP contribution < -0.4 is 20.4 Å². The number of anilines is 4. The van der Waals surface area contributed by atoms with E-state index in [-0.39, 0.29) is 24.1 Å². The lowest BCUT2D eigenvalue weighted by Gasteiger charge is -2.17. The van der Waals surface area contributed by atoms with Crippen LogP contribution in [0.4, 0.5) is 22.7 Å². The van der Waals surface area contributed by atoms with E-state index in [2.05, 4.69) is 10.6 Å². The van der Waals surface area contributed by atoms with Crippen molar-refractivity contribution in [1.29, 1.82) is 0 Å². The summed E-state index contributed by atoms with van der Waals surface area (Å²) in [5.41, 5.74) is 3.13. The summed E-state index contributed by atoms with van der Waals surface area (Å²) >= 11 is 0. The van der Waals surface area contributed by atoms with Crippen LogP contribution in [0.5, 0.6) is 0 Å². The molecule has 1 fully saturated rings. The van der Waals surface area contributed by atoms with Crippen LogP contribution in [-0.4, -0.2) is 38.4 Å². The van der Waals surface area contributed by atoms with Crippen LogP contribution in [-0.2, 0) is 14.4 Å². The fourth-order valence-corrected chi connectivity index (χ4v) is 3.15. The molecule has 0 radical (unpaired) electrons. The van der Waals surface area contributed by atoms with Gasteiger partial charge in [0.05, 0.1) is 5.92 Å². The summed E-state index contributed by atoms with van der Waals surface area (Å²) in [5.74, 6) is -0.810. The molecule has 0 aromatic heterocycles. The van der Waals surface area contributed by atoms with Gasteiger partial charge in [0, 0.05) is 56.7 Å². The number of nitrogens with zero attached hydrogens (tertiary/aromatic N) is 2. The molecule has 146 valence electrons. The highest BCUT2D eigenvalue weighted by molar-refractivity contribution is 6.03. The van der Waals surface area contributed by atoms with Gasteiger partial charge in [-0.2, -0.15) is 0 Å². The molecule has 0 aliphatic carbocycles. The lowest BCUT2D eigenvalue weighted by atomic mass is 10.1. The van der Waals surface area contributed by atoms with Gasteiger partial charge in [-0.3, -0.25) is 14.4 Å². The molecule has 7 nitrogen and oxygen atoms in total. The van der Waals surface area contributed by atoms with Crippen LogP contribution >= 0.6 is 0 Å². The van der Waals surface area contributed by atoms with Crippen molar-refractivity contribution < 1.29 is 14.4 Å². The van der Waals surface area contributed by atoms with Crippen molar-refractivity contribution in [3.8, 4) is 0 Å². The highest BCUT2D eigenvalue weighted by atomic mass is 16.2. The van der Waals surface area contributed by atoms with Gasteiger partial charge in [-0.15, -0.1) is 0 Å². The fourth-order valence-electron chi connectivity index (χ4n) is 3.15. The van der Waals surface area contributed by atoms with Crippen molar-refractivity contribution in [1.82, 2.24) is 0 Å². The molecule has 2 aromatic rings. The highest BCUT2D eigenvalue weighted by Gasteiger charge is 2.35. The summed E-state index contributed by atoms with van der Waals surface area (Å²) < 4.78 is 0. The van der Waals surface area contributed by atoms with E-state index in [1.54, 1.807) is 29.2 Å². The van der Waals surface area contributed by atoms with E-state index in [0.29, 0.717) is 23.6 Å². The Bertz CT molecular complexity index is 876. The maximum Gasteiger partial charge on any atom is 0.229 e. The summed E-state index contributed by atoms with van der Waals surface area (Å²) in [7, 11) is 3.91. The number of benzene rings is 2. The third-order valence-corrected chi connectivity index (χ3v) is 4.65. The molecule has 7 heteroatoms. The quantitative estimate of drug-likeness (QED) is 0.836. The summed E-state index contributed by atoms with van der Waals surface area (Å²) in [6, 6.07) is 14.6. The summed E-state index contributed by atoms with van der Waals surface area (Å²) in [5, 5.41) is 5.58. The Morgan fingerprint density at radius 2 is 1.54 bits per heavy atom. The summed E-state index contributed by atoms with van der Waals surface area (Å²) in [6.07, 6.45) is 0.176. The Kier molecular flexibility index (Phi) is 5.63. The molecule has 0 saturated carbocycles. The summed E-state index contributed by atoms with van der Waals surface area (Å²) in [6.45, 7) is 1.77. The zero-order valence-electron chi connectivity index (χ0n) is 16.2. The topological polar surface area (TPSA) is 81.8 Å². The van der Waals surface area contributed by atoms with Gasteiger partial charge in [0.15, 0.2) is 0 Å². The maximum absolute atomic E-state index is 12.6. The van der Waals surface area contributed by atoms with E-state index in [1.165, 1.54) is 6.92 Å². The third kappa shape index (κ3) is 4.49. The van der Waals surface area contributed by atoms with Gasteiger partial charge in [0.2, 0.25) is 17.7 Å². The first kappa shape index (κ1) is 19.4. The number of amides is 3. The first-order valence-corrected chi connectivity index (χ1v) is 9.10. The average molecular weight is 380 g/mol. The van der Waals surface area contributed by atoms with Crippen molar-refractivity contribution >= 4 is 40.5 Å². The van der Waals surface area contributed by atoms with Crippen LogP contribution in [0.2, 0.25) is 0 Å². The van der Waals surface area contributed by atoms with Crippen LogP contribution in [0.15, 0.2) is 48.5 Å². The number of carbonyl (C=O) groups excluding carboxylic acids is 3. The molecule has 1 aliphatic heterocycles. The van der Waals surface area contributed by atoms with E-state index in [9.17, 15) is 14.4 Å². The molecule has 28 heavy (non-hydrogen) atoms. The van der Waals surface area contributed by atoms with Crippen molar-refractivity contribution in [3.05, 3.63) is 48.5 Å². The van der Waals surface area contributed by atoms with Crippen molar-refractivity contribution in [3.63, 3.8) is 0 Å². The maximum atomic E-state index is 12.6. The van der Waals surface area contributed by atoms with Crippen molar-refractivity contribution in [2.24, 2.45) is 5.92 Å². The minimum absolute atomic E-state index is 0.0876. The third-order valence-electron chi connectivity index (χ3n) is 4.65. The van der Waals surface area contributed by atoms with Gasteiger partial charge in [0.1, 0.15) is 0 Å². The second-order valence-electron chi connectivity index (χ2n) is 7.06. The normalized spacial score (nSPS) is 16.0. The Balaban J connectivity index is 1.63. The first-order valence-electron chi connectivity index (χ1n) is 9.10. The van der Waals surface area contributed by atoms with Crippen molar-refractivity contribution in [2.45, 2.75) is 13.3 Å². The lowest BCUT2D eigenvalue weighted by Crippen LogP contribution is -2.28. The van der Waals surface area contributed by atoms with E-state index in [1.807, 2.05) is 43.3 Å². The largest absolute Gasteiger partial charge is 0.378 e. The van der Waals surface area contributed by atoms with Crippen LogP contribution in [0.3, 0.4) is 0 Å². The van der Waals surface area contributed by atoms with E-state index >= 15 is 0 Å². The molecule has 1 saturated heterocycles. The van der Waals surface area contributed by atoms with Gasteiger partial charge in [-0.05, 0) is 48.5 Å². The minimum Gasteiger partial charge on any atom is -0.378 e. The standard InChI is InChI=1S/C21H24N4O3/c1-14(26)22-16-6-10-19(11-7-16)25-13-15(12-20(25)27)21(28)23-17-4-8-18(9-5-17)24(2)3/h4-11,15H,12-13H2,1-3H3,(H,22,26)(H,23,28).